The Kier molecular flexibility index (Phi) is 6.75. The van der Waals surface area contributed by atoms with Gasteiger partial charge in [0.2, 0.25) is 5.91 Å². The van der Waals surface area contributed by atoms with Crippen molar-refractivity contribution < 1.29 is 24.5 Å². The summed E-state index contributed by atoms with van der Waals surface area (Å²) >= 11 is 0. The van der Waals surface area contributed by atoms with Gasteiger partial charge in [-0.15, -0.1) is 0 Å². The maximum Gasteiger partial charge on any atom is 0.326 e. The number of aliphatic hydroxyl groups excluding tert-OH is 1. The Bertz CT molecular complexity index is 310. The summed E-state index contributed by atoms with van der Waals surface area (Å²) < 4.78 is 5.27. The van der Waals surface area contributed by atoms with Crippen LogP contribution in [0.25, 0.3) is 0 Å². The molecule has 1 fully saturated rings. The number of ether oxygens (including phenoxy) is 1. The van der Waals surface area contributed by atoms with Gasteiger partial charge in [0.05, 0.1) is 19.1 Å². The molecule has 0 aromatic rings. The number of aliphatic carboxylic acids is 1. The van der Waals surface area contributed by atoms with Crippen molar-refractivity contribution in [3.05, 3.63) is 0 Å². The van der Waals surface area contributed by atoms with E-state index in [1.807, 2.05) is 6.92 Å². The second kappa shape index (κ2) is 8.08. The highest BCUT2D eigenvalue weighted by atomic mass is 16.5. The van der Waals surface area contributed by atoms with E-state index < -0.39 is 12.0 Å². The van der Waals surface area contributed by atoms with Crippen LogP contribution in [0.1, 0.15) is 19.8 Å². The highest BCUT2D eigenvalue weighted by Crippen LogP contribution is 2.14. The van der Waals surface area contributed by atoms with Gasteiger partial charge in [-0.3, -0.25) is 4.79 Å². The van der Waals surface area contributed by atoms with Crippen LogP contribution in [-0.2, 0) is 14.3 Å². The molecule has 1 saturated heterocycles. The zero-order valence-corrected chi connectivity index (χ0v) is 11.1. The van der Waals surface area contributed by atoms with E-state index in [1.54, 1.807) is 0 Å². The maximum absolute atomic E-state index is 12.0. The van der Waals surface area contributed by atoms with Crippen LogP contribution >= 0.6 is 0 Å². The van der Waals surface area contributed by atoms with Crippen LogP contribution in [0.4, 0.5) is 0 Å². The summed E-state index contributed by atoms with van der Waals surface area (Å²) in [5.41, 5.74) is 0. The molecule has 0 aliphatic carbocycles. The molecular formula is C12H22N2O5. The first-order valence-electron chi connectivity index (χ1n) is 6.55. The van der Waals surface area contributed by atoms with Gasteiger partial charge in [-0.1, -0.05) is 6.92 Å². The van der Waals surface area contributed by atoms with E-state index in [0.29, 0.717) is 13.2 Å². The van der Waals surface area contributed by atoms with Crippen LogP contribution in [0.5, 0.6) is 0 Å². The van der Waals surface area contributed by atoms with Crippen LogP contribution in [0.15, 0.2) is 0 Å². The maximum atomic E-state index is 12.0. The lowest BCUT2D eigenvalue weighted by Gasteiger charge is -2.20. The Morgan fingerprint density at radius 3 is 2.74 bits per heavy atom. The van der Waals surface area contributed by atoms with Gasteiger partial charge in [0, 0.05) is 19.1 Å². The fourth-order valence-electron chi connectivity index (χ4n) is 2.01. The van der Waals surface area contributed by atoms with E-state index in [0.717, 1.165) is 13.0 Å². The number of nitrogens with one attached hydrogen (secondary N) is 2. The second-order valence-electron chi connectivity index (χ2n) is 4.62. The number of carbonyl (C=O) groups excluding carboxylic acids is 1. The van der Waals surface area contributed by atoms with Gasteiger partial charge in [-0.2, -0.15) is 0 Å². The second-order valence-corrected chi connectivity index (χ2v) is 4.62. The minimum atomic E-state index is -1.14. The van der Waals surface area contributed by atoms with E-state index in [2.05, 4.69) is 10.6 Å². The average Bonchev–Trinajstić information content (AvgIpc) is 2.83. The van der Waals surface area contributed by atoms with Crippen LogP contribution in [0.2, 0.25) is 0 Å². The van der Waals surface area contributed by atoms with Crippen molar-refractivity contribution in [2.24, 2.45) is 5.92 Å². The molecule has 7 nitrogen and oxygen atoms in total. The minimum absolute atomic E-state index is 0.00169. The molecule has 7 heteroatoms. The third kappa shape index (κ3) is 4.77. The van der Waals surface area contributed by atoms with Gasteiger partial charge in [0.15, 0.2) is 0 Å². The molecule has 0 aromatic heterocycles. The lowest BCUT2D eigenvalue weighted by molar-refractivity contribution is -0.143. The summed E-state index contributed by atoms with van der Waals surface area (Å²) in [5, 5.41) is 23.4. The van der Waals surface area contributed by atoms with Crippen molar-refractivity contribution in [2.45, 2.75) is 31.8 Å². The first kappa shape index (κ1) is 15.9. The molecule has 0 spiro atoms. The zero-order chi connectivity index (χ0) is 14.3. The molecular weight excluding hydrogens is 252 g/mol. The third-order valence-corrected chi connectivity index (χ3v) is 3.11. The zero-order valence-electron chi connectivity index (χ0n) is 11.1. The fraction of sp³-hybridized carbons (Fsp3) is 0.833. The van der Waals surface area contributed by atoms with Gasteiger partial charge in [-0.25, -0.2) is 4.79 Å². The Hall–Kier alpha value is -1.18. The largest absolute Gasteiger partial charge is 0.480 e. The molecule has 19 heavy (non-hydrogen) atoms. The van der Waals surface area contributed by atoms with Crippen LogP contribution in [0, 0.1) is 5.92 Å². The smallest absolute Gasteiger partial charge is 0.326 e. The van der Waals surface area contributed by atoms with Gasteiger partial charge in [0.1, 0.15) is 6.04 Å². The van der Waals surface area contributed by atoms with Crippen molar-refractivity contribution >= 4 is 11.9 Å². The molecule has 2 unspecified atom stereocenters. The lowest BCUT2D eigenvalue weighted by Crippen LogP contribution is -2.49. The van der Waals surface area contributed by atoms with Crippen LogP contribution in [-0.4, -0.2) is 60.5 Å². The number of hydrogen-bond donors (Lipinski definition) is 4. The van der Waals surface area contributed by atoms with Gasteiger partial charge in [-0.05, 0) is 13.0 Å². The highest BCUT2D eigenvalue weighted by molar-refractivity contribution is 5.85. The summed E-state index contributed by atoms with van der Waals surface area (Å²) in [5.74, 6) is -1.86. The SMILES string of the molecule is CCCNC1COCC1C(=O)N[C@H](CCO)C(=O)O. The summed E-state index contributed by atoms with van der Waals surface area (Å²) in [4.78, 5) is 23.0. The predicted octanol–water partition coefficient (Wildman–Crippen LogP) is -1.05. The molecule has 0 aromatic carbocycles. The molecule has 1 heterocycles. The summed E-state index contributed by atoms with van der Waals surface area (Å²) in [6.45, 7) is 3.28. The fourth-order valence-corrected chi connectivity index (χ4v) is 2.01. The molecule has 4 N–H and O–H groups in total. The molecule has 1 aliphatic rings. The Morgan fingerprint density at radius 2 is 2.16 bits per heavy atom. The molecule has 0 saturated carbocycles. The van der Waals surface area contributed by atoms with E-state index in [9.17, 15) is 9.59 Å². The quantitative estimate of drug-likeness (QED) is 0.450. The van der Waals surface area contributed by atoms with E-state index in [-0.39, 0.29) is 30.9 Å². The Morgan fingerprint density at radius 1 is 1.42 bits per heavy atom. The topological polar surface area (TPSA) is 108 Å². The molecule has 110 valence electrons. The van der Waals surface area contributed by atoms with E-state index >= 15 is 0 Å². The molecule has 0 radical (unpaired) electrons. The van der Waals surface area contributed by atoms with E-state index in [1.165, 1.54) is 0 Å². The number of carbonyl (C=O) groups is 2. The first-order valence-corrected chi connectivity index (χ1v) is 6.55. The molecule has 1 rings (SSSR count). The molecule has 3 atom stereocenters. The van der Waals surface area contributed by atoms with Crippen molar-refractivity contribution in [3.63, 3.8) is 0 Å². The van der Waals surface area contributed by atoms with Gasteiger partial charge in [0.25, 0.3) is 0 Å². The summed E-state index contributed by atoms with van der Waals surface area (Å²) in [7, 11) is 0. The normalized spacial score (nSPS) is 24.1. The molecule has 1 aliphatic heterocycles. The predicted molar refractivity (Wildman–Crippen MR) is 67.7 cm³/mol. The standard InChI is InChI=1S/C12H22N2O5/c1-2-4-13-10-7-19-6-8(10)11(16)14-9(3-5-15)12(17)18/h8-10,13,15H,2-7H2,1H3,(H,14,16)(H,17,18)/t8?,9-,10?/m1/s1. The Labute approximate surface area is 112 Å². The van der Waals surface area contributed by atoms with E-state index in [4.69, 9.17) is 14.9 Å². The minimum Gasteiger partial charge on any atom is -0.480 e. The van der Waals surface area contributed by atoms with Crippen molar-refractivity contribution in [2.75, 3.05) is 26.4 Å². The first-order chi connectivity index (χ1) is 9.10. The van der Waals surface area contributed by atoms with Crippen LogP contribution < -0.4 is 10.6 Å². The summed E-state index contributed by atoms with van der Waals surface area (Å²) in [6.07, 6.45) is 0.953. The van der Waals surface area contributed by atoms with Crippen molar-refractivity contribution in [1.29, 1.82) is 0 Å². The number of carboxylic acid groups (broad SMARTS) is 1. The number of rotatable bonds is 8. The third-order valence-electron chi connectivity index (χ3n) is 3.11. The van der Waals surface area contributed by atoms with Gasteiger partial charge >= 0.3 is 5.97 Å². The number of carboxylic acids is 1. The summed E-state index contributed by atoms with van der Waals surface area (Å²) in [6, 6.07) is -1.13. The number of amides is 1. The Balaban J connectivity index is 2.52. The highest BCUT2D eigenvalue weighted by Gasteiger charge is 2.35. The monoisotopic (exact) mass is 274 g/mol. The van der Waals surface area contributed by atoms with Crippen molar-refractivity contribution in [1.82, 2.24) is 10.6 Å². The molecule has 1 amide bonds. The van der Waals surface area contributed by atoms with Crippen LogP contribution in [0.3, 0.4) is 0 Å². The number of aliphatic hydroxyl groups is 1. The molecule has 0 bridgehead atoms. The number of hydrogen-bond acceptors (Lipinski definition) is 5. The van der Waals surface area contributed by atoms with Crippen molar-refractivity contribution in [3.8, 4) is 0 Å². The van der Waals surface area contributed by atoms with Gasteiger partial charge < -0.3 is 25.6 Å². The average molecular weight is 274 g/mol. The lowest BCUT2D eigenvalue weighted by atomic mass is 10.0.